The number of aromatic nitrogens is 2. The van der Waals surface area contributed by atoms with Crippen molar-refractivity contribution in [3.63, 3.8) is 0 Å². The zero-order valence-corrected chi connectivity index (χ0v) is 19.2. The highest BCUT2D eigenvalue weighted by molar-refractivity contribution is 7.22. The van der Waals surface area contributed by atoms with Crippen molar-refractivity contribution in [1.29, 1.82) is 0 Å². The minimum Gasteiger partial charge on any atom is -0.437 e. The number of hydrogen-bond acceptors (Lipinski definition) is 4. The van der Waals surface area contributed by atoms with Gasteiger partial charge < -0.3 is 4.74 Å². The van der Waals surface area contributed by atoms with Gasteiger partial charge in [0.15, 0.2) is 0 Å². The second-order valence-electron chi connectivity index (χ2n) is 8.33. The molecule has 172 valence electrons. The average molecular weight is 487 g/mol. The van der Waals surface area contributed by atoms with Crippen LogP contribution in [0.1, 0.15) is 11.1 Å². The summed E-state index contributed by atoms with van der Waals surface area (Å²) in [5.41, 5.74) is 0.505. The minimum absolute atomic E-state index is 0.0956. The lowest BCUT2D eigenvalue weighted by molar-refractivity contribution is -0.137. The van der Waals surface area contributed by atoms with Crippen LogP contribution in [0.5, 0.6) is 11.6 Å². The topological polar surface area (TPSA) is 35.0 Å². The molecule has 0 fully saturated rings. The van der Waals surface area contributed by atoms with Gasteiger partial charge in [0.1, 0.15) is 11.4 Å². The summed E-state index contributed by atoms with van der Waals surface area (Å²) < 4.78 is 47.1. The third kappa shape index (κ3) is 3.88. The highest BCUT2D eigenvalue weighted by atomic mass is 32.1. The van der Waals surface area contributed by atoms with Gasteiger partial charge in [-0.3, -0.25) is 0 Å². The summed E-state index contributed by atoms with van der Waals surface area (Å²) in [4.78, 5) is 0.959. The van der Waals surface area contributed by atoms with E-state index in [0.29, 0.717) is 16.6 Å². The SMILES string of the molecule is Cc1ccc(C(F)(F)F)cc1Oc1nnc(-c2cc3ccccc3s2)c2cc3ccccc3cc12. The maximum absolute atomic E-state index is 13.3. The summed E-state index contributed by atoms with van der Waals surface area (Å²) >= 11 is 1.62. The normalized spacial score (nSPS) is 12.0. The Kier molecular flexibility index (Phi) is 4.96. The molecular formula is C28H17F3N2OS. The zero-order valence-electron chi connectivity index (χ0n) is 18.4. The molecule has 4 aromatic carbocycles. The van der Waals surface area contributed by atoms with Crippen LogP contribution in [-0.4, -0.2) is 10.2 Å². The molecule has 6 aromatic rings. The van der Waals surface area contributed by atoms with Gasteiger partial charge in [-0.15, -0.1) is 21.5 Å². The van der Waals surface area contributed by atoms with Crippen molar-refractivity contribution in [3.05, 3.63) is 96.1 Å². The molecule has 0 saturated heterocycles. The van der Waals surface area contributed by atoms with Crippen LogP contribution >= 0.6 is 11.3 Å². The van der Waals surface area contributed by atoms with Gasteiger partial charge in [0.2, 0.25) is 5.88 Å². The first kappa shape index (κ1) is 21.6. The number of nitrogens with zero attached hydrogens (tertiary/aromatic N) is 2. The van der Waals surface area contributed by atoms with E-state index in [-0.39, 0.29) is 11.6 Å². The fourth-order valence-electron chi connectivity index (χ4n) is 4.16. The number of ether oxygens (including phenoxy) is 1. The summed E-state index contributed by atoms with van der Waals surface area (Å²) in [7, 11) is 0. The molecule has 0 bridgehead atoms. The average Bonchev–Trinajstić information content (AvgIpc) is 3.27. The van der Waals surface area contributed by atoms with Crippen molar-refractivity contribution in [2.45, 2.75) is 13.1 Å². The lowest BCUT2D eigenvalue weighted by Crippen LogP contribution is -2.05. The molecule has 7 heteroatoms. The lowest BCUT2D eigenvalue weighted by Gasteiger charge is -2.14. The second-order valence-corrected chi connectivity index (χ2v) is 9.41. The van der Waals surface area contributed by atoms with Crippen LogP contribution in [0.3, 0.4) is 0 Å². The quantitative estimate of drug-likeness (QED) is 0.235. The molecule has 0 unspecified atom stereocenters. The van der Waals surface area contributed by atoms with E-state index in [1.807, 2.05) is 54.6 Å². The molecule has 0 saturated carbocycles. The zero-order chi connectivity index (χ0) is 24.2. The molecule has 3 nitrogen and oxygen atoms in total. The number of fused-ring (bicyclic) bond motifs is 3. The Morgan fingerprint density at radius 1 is 0.743 bits per heavy atom. The molecule has 0 radical (unpaired) electrons. The monoisotopic (exact) mass is 486 g/mol. The molecular weight excluding hydrogens is 469 g/mol. The summed E-state index contributed by atoms with van der Waals surface area (Å²) in [6.45, 7) is 1.70. The maximum atomic E-state index is 13.3. The van der Waals surface area contributed by atoms with E-state index in [9.17, 15) is 13.2 Å². The van der Waals surface area contributed by atoms with Crippen LogP contribution in [0.15, 0.2) is 84.9 Å². The van der Waals surface area contributed by atoms with E-state index < -0.39 is 11.7 Å². The number of benzene rings is 4. The standard InChI is InChI=1S/C28H17F3N2OS/c1-16-10-11-20(28(29,30)31)15-23(16)34-27-22-13-18-7-3-2-6-17(18)12-21(22)26(32-33-27)25-14-19-8-4-5-9-24(19)35-25/h2-15H,1H3. The third-order valence-corrected chi connectivity index (χ3v) is 7.12. The van der Waals surface area contributed by atoms with E-state index >= 15 is 0 Å². The number of halogens is 3. The van der Waals surface area contributed by atoms with Crippen molar-refractivity contribution in [3.8, 4) is 22.2 Å². The first-order valence-corrected chi connectivity index (χ1v) is 11.7. The fourth-order valence-corrected chi connectivity index (χ4v) is 5.22. The molecule has 6 rings (SSSR count). The van der Waals surface area contributed by atoms with Gasteiger partial charge in [-0.05, 0) is 65.0 Å². The Labute approximate surface area is 202 Å². The number of rotatable bonds is 3. The second kappa shape index (κ2) is 8.06. The Hall–Kier alpha value is -3.97. The molecule has 2 aromatic heterocycles. The third-order valence-electron chi connectivity index (χ3n) is 5.99. The predicted molar refractivity (Wildman–Crippen MR) is 134 cm³/mol. The first-order chi connectivity index (χ1) is 16.9. The van der Waals surface area contributed by atoms with Crippen LogP contribution in [0.2, 0.25) is 0 Å². The van der Waals surface area contributed by atoms with Crippen molar-refractivity contribution < 1.29 is 17.9 Å². The smallest absolute Gasteiger partial charge is 0.416 e. The van der Waals surface area contributed by atoms with Crippen molar-refractivity contribution in [2.24, 2.45) is 0 Å². The minimum atomic E-state index is -4.47. The van der Waals surface area contributed by atoms with E-state index in [1.165, 1.54) is 6.07 Å². The predicted octanol–water partition coefficient (Wildman–Crippen LogP) is 8.78. The Morgan fingerprint density at radius 3 is 2.14 bits per heavy atom. The molecule has 0 aliphatic carbocycles. The van der Waals surface area contributed by atoms with Crippen LogP contribution < -0.4 is 4.74 Å². The molecule has 0 spiro atoms. The van der Waals surface area contributed by atoms with Gasteiger partial charge in [-0.2, -0.15) is 13.2 Å². The molecule has 0 N–H and O–H groups in total. The Bertz CT molecular complexity index is 1710. The molecule has 0 aliphatic rings. The molecule has 0 atom stereocenters. The van der Waals surface area contributed by atoms with Crippen molar-refractivity contribution >= 4 is 43.0 Å². The summed E-state index contributed by atoms with van der Waals surface area (Å²) in [6, 6.07) is 25.5. The van der Waals surface area contributed by atoms with Gasteiger partial charge in [-0.25, -0.2) is 0 Å². The van der Waals surface area contributed by atoms with Gasteiger partial charge in [0, 0.05) is 15.5 Å². The highest BCUT2D eigenvalue weighted by Gasteiger charge is 2.31. The van der Waals surface area contributed by atoms with Gasteiger partial charge >= 0.3 is 6.18 Å². The van der Waals surface area contributed by atoms with Gasteiger partial charge in [0.05, 0.1) is 10.4 Å². The highest BCUT2D eigenvalue weighted by Crippen LogP contribution is 2.41. The summed E-state index contributed by atoms with van der Waals surface area (Å²) in [5.74, 6) is 0.260. The Morgan fingerprint density at radius 2 is 1.43 bits per heavy atom. The van der Waals surface area contributed by atoms with E-state index in [4.69, 9.17) is 4.74 Å². The van der Waals surface area contributed by atoms with E-state index in [2.05, 4.69) is 22.3 Å². The number of hydrogen-bond donors (Lipinski definition) is 0. The van der Waals surface area contributed by atoms with Crippen LogP contribution in [0.25, 0.3) is 42.2 Å². The molecule has 0 amide bonds. The van der Waals surface area contributed by atoms with E-state index in [0.717, 1.165) is 43.3 Å². The van der Waals surface area contributed by atoms with E-state index in [1.54, 1.807) is 18.3 Å². The fraction of sp³-hybridized carbons (Fsp3) is 0.0714. The summed E-state index contributed by atoms with van der Waals surface area (Å²) in [5, 5.41) is 13.4. The van der Waals surface area contributed by atoms with Gasteiger partial charge in [0.25, 0.3) is 0 Å². The van der Waals surface area contributed by atoms with Crippen molar-refractivity contribution in [2.75, 3.05) is 0 Å². The van der Waals surface area contributed by atoms with Crippen LogP contribution in [0, 0.1) is 6.92 Å². The summed E-state index contributed by atoms with van der Waals surface area (Å²) in [6.07, 6.45) is -4.47. The van der Waals surface area contributed by atoms with Crippen molar-refractivity contribution in [1.82, 2.24) is 10.2 Å². The molecule has 2 heterocycles. The molecule has 0 aliphatic heterocycles. The van der Waals surface area contributed by atoms with Crippen LogP contribution in [-0.2, 0) is 6.18 Å². The Balaban J connectivity index is 1.56. The number of thiophene rings is 1. The maximum Gasteiger partial charge on any atom is 0.416 e. The first-order valence-electron chi connectivity index (χ1n) is 10.9. The largest absolute Gasteiger partial charge is 0.437 e. The lowest BCUT2D eigenvalue weighted by atomic mass is 10.0. The van der Waals surface area contributed by atoms with Gasteiger partial charge in [-0.1, -0.05) is 48.5 Å². The molecule has 35 heavy (non-hydrogen) atoms. The number of alkyl halides is 3. The number of aryl methyl sites for hydroxylation is 1. The van der Waals surface area contributed by atoms with Crippen LogP contribution in [0.4, 0.5) is 13.2 Å².